The van der Waals surface area contributed by atoms with E-state index in [0.717, 1.165) is 38.5 Å². The summed E-state index contributed by atoms with van der Waals surface area (Å²) in [6.07, 6.45) is 12.9. The molecule has 2 unspecified atom stereocenters. The number of hydrogen-bond donors (Lipinski definition) is 0. The summed E-state index contributed by atoms with van der Waals surface area (Å²) < 4.78 is 11.4. The molecule has 0 aromatic rings. The summed E-state index contributed by atoms with van der Waals surface area (Å²) in [6.45, 7) is 16.8. The second kappa shape index (κ2) is 14.6. The zero-order valence-corrected chi connectivity index (χ0v) is 21.0. The van der Waals surface area contributed by atoms with Gasteiger partial charge in [-0.3, -0.25) is 0 Å². The molecule has 0 saturated heterocycles. The van der Waals surface area contributed by atoms with Crippen molar-refractivity contribution in [3.63, 3.8) is 0 Å². The van der Waals surface area contributed by atoms with Gasteiger partial charge < -0.3 is 9.47 Å². The van der Waals surface area contributed by atoms with Gasteiger partial charge in [0.2, 0.25) is 0 Å². The van der Waals surface area contributed by atoms with Crippen molar-refractivity contribution in [1.29, 1.82) is 0 Å². The summed E-state index contributed by atoms with van der Waals surface area (Å²) in [5.74, 6) is -0.949. The monoisotopic (exact) mass is 424 g/mol. The molecular weight excluding hydrogens is 376 g/mol. The molecule has 0 radical (unpaired) electrons. The maximum absolute atomic E-state index is 12.3. The molecule has 0 aliphatic heterocycles. The molecule has 4 nitrogen and oxygen atoms in total. The van der Waals surface area contributed by atoms with Crippen LogP contribution in [0.5, 0.6) is 0 Å². The van der Waals surface area contributed by atoms with Crippen molar-refractivity contribution in [3.05, 3.63) is 12.2 Å². The molecule has 0 aromatic carbocycles. The van der Waals surface area contributed by atoms with Crippen molar-refractivity contribution in [1.82, 2.24) is 0 Å². The molecule has 0 aliphatic carbocycles. The Morgan fingerprint density at radius 3 is 1.23 bits per heavy atom. The molecule has 0 aromatic heterocycles. The molecule has 0 bridgehead atoms. The SMILES string of the molecule is CCCCCCC(OC(=O)/C=C\C(=O)OC(CCCCCC)C(C)(C)C)C(C)(C)C. The Bertz CT molecular complexity index is 462. The normalized spacial score (nSPS) is 14.5. The zero-order valence-electron chi connectivity index (χ0n) is 21.0. The molecule has 0 amide bonds. The van der Waals surface area contributed by atoms with Crippen LogP contribution in [0.4, 0.5) is 0 Å². The fraction of sp³-hybridized carbons (Fsp3) is 0.846. The lowest BCUT2D eigenvalue weighted by molar-refractivity contribution is -0.151. The lowest BCUT2D eigenvalue weighted by Gasteiger charge is -2.30. The average molecular weight is 425 g/mol. The summed E-state index contributed by atoms with van der Waals surface area (Å²) in [5.41, 5.74) is -0.266. The highest BCUT2D eigenvalue weighted by molar-refractivity contribution is 5.91. The van der Waals surface area contributed by atoms with E-state index in [0.29, 0.717) is 0 Å². The van der Waals surface area contributed by atoms with Crippen molar-refractivity contribution in [3.8, 4) is 0 Å². The van der Waals surface area contributed by atoms with Gasteiger partial charge in [-0.15, -0.1) is 0 Å². The smallest absolute Gasteiger partial charge is 0.331 e. The highest BCUT2D eigenvalue weighted by atomic mass is 16.5. The van der Waals surface area contributed by atoms with Crippen LogP contribution in [0, 0.1) is 10.8 Å². The number of rotatable bonds is 14. The average Bonchev–Trinajstić information content (AvgIpc) is 2.63. The van der Waals surface area contributed by atoms with Crippen LogP contribution in [0.1, 0.15) is 120 Å². The molecule has 0 aliphatic rings. The molecule has 0 heterocycles. The second-order valence-corrected chi connectivity index (χ2v) is 10.6. The Labute approximate surface area is 186 Å². The summed E-state index contributed by atoms with van der Waals surface area (Å²) in [4.78, 5) is 24.6. The van der Waals surface area contributed by atoms with Crippen LogP contribution < -0.4 is 0 Å². The van der Waals surface area contributed by atoms with Crippen molar-refractivity contribution in [2.24, 2.45) is 10.8 Å². The van der Waals surface area contributed by atoms with Gasteiger partial charge in [0.1, 0.15) is 12.2 Å². The van der Waals surface area contributed by atoms with Crippen molar-refractivity contribution in [2.75, 3.05) is 0 Å². The predicted molar refractivity (Wildman–Crippen MR) is 125 cm³/mol. The van der Waals surface area contributed by atoms with Gasteiger partial charge in [0, 0.05) is 12.2 Å². The van der Waals surface area contributed by atoms with Crippen LogP contribution in [0.25, 0.3) is 0 Å². The molecule has 4 heteroatoms. The van der Waals surface area contributed by atoms with E-state index in [1.54, 1.807) is 0 Å². The summed E-state index contributed by atoms with van der Waals surface area (Å²) in [7, 11) is 0. The first-order valence-electron chi connectivity index (χ1n) is 12.0. The van der Waals surface area contributed by atoms with E-state index in [-0.39, 0.29) is 23.0 Å². The van der Waals surface area contributed by atoms with Gasteiger partial charge >= 0.3 is 11.9 Å². The number of carbonyl (C=O) groups excluding carboxylic acids is 2. The van der Waals surface area contributed by atoms with E-state index in [9.17, 15) is 9.59 Å². The van der Waals surface area contributed by atoms with E-state index in [2.05, 4.69) is 55.4 Å². The van der Waals surface area contributed by atoms with Crippen molar-refractivity contribution in [2.45, 2.75) is 132 Å². The molecule has 176 valence electrons. The Kier molecular flexibility index (Phi) is 14.0. The Morgan fingerprint density at radius 2 is 0.967 bits per heavy atom. The van der Waals surface area contributed by atoms with Gasteiger partial charge in [-0.1, -0.05) is 93.9 Å². The molecule has 0 rings (SSSR count). The van der Waals surface area contributed by atoms with Gasteiger partial charge in [0.05, 0.1) is 0 Å². The molecule has 30 heavy (non-hydrogen) atoms. The summed E-state index contributed by atoms with van der Waals surface area (Å²) >= 11 is 0. The van der Waals surface area contributed by atoms with Crippen molar-refractivity contribution < 1.29 is 19.1 Å². The lowest BCUT2D eigenvalue weighted by Crippen LogP contribution is -2.32. The number of carbonyl (C=O) groups is 2. The van der Waals surface area contributed by atoms with Gasteiger partial charge in [0.25, 0.3) is 0 Å². The highest BCUT2D eigenvalue weighted by Gasteiger charge is 2.28. The minimum absolute atomic E-state index is 0.133. The molecule has 0 fully saturated rings. The van der Waals surface area contributed by atoms with Gasteiger partial charge in [0.15, 0.2) is 0 Å². The van der Waals surface area contributed by atoms with Crippen LogP contribution in [0.3, 0.4) is 0 Å². The first-order chi connectivity index (χ1) is 13.9. The maximum Gasteiger partial charge on any atom is 0.331 e. The topological polar surface area (TPSA) is 52.6 Å². The Morgan fingerprint density at radius 1 is 0.633 bits per heavy atom. The van der Waals surface area contributed by atoms with E-state index in [1.165, 1.54) is 37.8 Å². The van der Waals surface area contributed by atoms with Crippen molar-refractivity contribution >= 4 is 11.9 Å². The van der Waals surface area contributed by atoms with Crippen LogP contribution in [0.2, 0.25) is 0 Å². The molecule has 0 spiro atoms. The van der Waals surface area contributed by atoms with Crippen LogP contribution in [-0.2, 0) is 19.1 Å². The van der Waals surface area contributed by atoms with E-state index in [4.69, 9.17) is 9.47 Å². The van der Waals surface area contributed by atoms with E-state index >= 15 is 0 Å². The molecule has 0 N–H and O–H groups in total. The fourth-order valence-electron chi connectivity index (χ4n) is 3.35. The van der Waals surface area contributed by atoms with Gasteiger partial charge in [-0.2, -0.15) is 0 Å². The summed E-state index contributed by atoms with van der Waals surface area (Å²) in [6, 6.07) is 0. The summed E-state index contributed by atoms with van der Waals surface area (Å²) in [5, 5.41) is 0. The fourth-order valence-corrected chi connectivity index (χ4v) is 3.35. The van der Waals surface area contributed by atoms with Gasteiger partial charge in [-0.05, 0) is 36.5 Å². The lowest BCUT2D eigenvalue weighted by atomic mass is 9.85. The minimum Gasteiger partial charge on any atom is -0.459 e. The van der Waals surface area contributed by atoms with Crippen LogP contribution >= 0.6 is 0 Å². The number of hydrogen-bond acceptors (Lipinski definition) is 4. The first-order valence-corrected chi connectivity index (χ1v) is 12.0. The zero-order chi connectivity index (χ0) is 23.2. The quantitative estimate of drug-likeness (QED) is 0.166. The maximum atomic E-state index is 12.3. The Balaban J connectivity index is 4.73. The van der Waals surface area contributed by atoms with E-state index < -0.39 is 11.9 Å². The first kappa shape index (κ1) is 28.7. The standard InChI is InChI=1S/C26H48O4/c1-9-11-13-15-17-21(25(3,4)5)29-23(27)19-20-24(28)30-22(26(6,7)8)18-16-14-12-10-2/h19-22H,9-18H2,1-8H3/b20-19-. The van der Waals surface area contributed by atoms with Crippen LogP contribution in [0.15, 0.2) is 12.2 Å². The molecule has 2 atom stereocenters. The second-order valence-electron chi connectivity index (χ2n) is 10.6. The largest absolute Gasteiger partial charge is 0.459 e. The minimum atomic E-state index is -0.474. The van der Waals surface area contributed by atoms with Crippen LogP contribution in [-0.4, -0.2) is 24.1 Å². The van der Waals surface area contributed by atoms with E-state index in [1.807, 2.05) is 0 Å². The third-order valence-electron chi connectivity index (χ3n) is 5.44. The predicted octanol–water partition coefficient (Wildman–Crippen LogP) is 7.40. The number of unbranched alkanes of at least 4 members (excludes halogenated alkanes) is 6. The molecule has 0 saturated carbocycles. The van der Waals surface area contributed by atoms with Gasteiger partial charge in [-0.25, -0.2) is 9.59 Å². The Hall–Kier alpha value is -1.32. The number of esters is 2. The number of ether oxygens (including phenoxy) is 2. The highest BCUT2D eigenvalue weighted by Crippen LogP contribution is 2.28. The molecular formula is C26H48O4. The third kappa shape index (κ3) is 13.8. The third-order valence-corrected chi connectivity index (χ3v) is 5.44.